The summed E-state index contributed by atoms with van der Waals surface area (Å²) >= 11 is 7.89. The molecule has 0 amide bonds. The zero-order chi connectivity index (χ0) is 28.9. The first kappa shape index (κ1) is 30.1. The molecule has 0 unspecified atom stereocenters. The van der Waals surface area contributed by atoms with E-state index >= 15 is 0 Å². The number of rotatable bonds is 12. The molecule has 4 nitrogen and oxygen atoms in total. The highest BCUT2D eigenvalue weighted by atomic mass is 35.5. The highest BCUT2D eigenvalue weighted by molar-refractivity contribution is 8.00. The van der Waals surface area contributed by atoms with Gasteiger partial charge in [0.05, 0.1) is 17.5 Å². The minimum atomic E-state index is -0.927. The Morgan fingerprint density at radius 3 is 2.42 bits per heavy atom. The quantitative estimate of drug-likeness (QED) is 0.177. The van der Waals surface area contributed by atoms with Crippen molar-refractivity contribution in [1.82, 2.24) is 4.98 Å². The van der Waals surface area contributed by atoms with E-state index in [1.807, 2.05) is 64.1 Å². The van der Waals surface area contributed by atoms with Gasteiger partial charge >= 0.3 is 5.97 Å². The predicted molar refractivity (Wildman–Crippen MR) is 167 cm³/mol. The van der Waals surface area contributed by atoms with Crippen molar-refractivity contribution in [3.63, 3.8) is 0 Å². The number of hydrogen-bond donors (Lipinski definition) is 2. The largest absolute Gasteiger partial charge is 0.481 e. The lowest BCUT2D eigenvalue weighted by molar-refractivity contribution is -0.137. The molecule has 2 N–H and O–H groups in total. The fraction of sp³-hybridized carbons (Fsp3) is 0.353. The topological polar surface area (TPSA) is 70.4 Å². The molecule has 3 aromatic carbocycles. The number of aryl methyl sites for hydroxylation is 3. The molecule has 6 heteroatoms. The average molecular weight is 576 g/mol. The fourth-order valence-corrected chi connectivity index (χ4v) is 6.86. The van der Waals surface area contributed by atoms with Crippen LogP contribution in [0, 0.1) is 0 Å². The van der Waals surface area contributed by atoms with Gasteiger partial charge < -0.3 is 10.2 Å². The molecule has 1 heterocycles. The SMILES string of the molecule is CC(C)(CC(=O)O)S[C@H](CCc1ccccc1C(C)(C)O)c1cccc(CCc2ccc3ccc(Cl)cc3n2)c1. The predicted octanol–water partition coefficient (Wildman–Crippen LogP) is 8.56. The molecule has 0 saturated carbocycles. The maximum absolute atomic E-state index is 11.6. The zero-order valence-electron chi connectivity index (χ0n) is 23.7. The number of carbonyl (C=O) groups is 1. The van der Waals surface area contributed by atoms with Gasteiger partial charge in [0.15, 0.2) is 0 Å². The molecule has 0 saturated heterocycles. The van der Waals surface area contributed by atoms with Crippen molar-refractivity contribution in [3.8, 4) is 0 Å². The first-order valence-corrected chi connectivity index (χ1v) is 15.0. The van der Waals surface area contributed by atoms with E-state index in [0.717, 1.165) is 53.4 Å². The van der Waals surface area contributed by atoms with Crippen molar-refractivity contribution in [1.29, 1.82) is 0 Å². The van der Waals surface area contributed by atoms with Gasteiger partial charge in [-0.1, -0.05) is 86.1 Å². The van der Waals surface area contributed by atoms with Crippen LogP contribution >= 0.6 is 23.4 Å². The summed E-state index contributed by atoms with van der Waals surface area (Å²) in [6.45, 7) is 7.64. The molecule has 210 valence electrons. The van der Waals surface area contributed by atoms with Gasteiger partial charge in [-0.05, 0) is 80.0 Å². The van der Waals surface area contributed by atoms with Gasteiger partial charge in [0, 0.05) is 26.1 Å². The van der Waals surface area contributed by atoms with Gasteiger partial charge in [0.25, 0.3) is 0 Å². The summed E-state index contributed by atoms with van der Waals surface area (Å²) in [6.07, 6.45) is 3.37. The molecule has 1 atom stereocenters. The molecule has 0 radical (unpaired) electrons. The first-order valence-electron chi connectivity index (χ1n) is 13.7. The molecular formula is C34H38ClNO3S. The van der Waals surface area contributed by atoms with Gasteiger partial charge in [0.2, 0.25) is 0 Å². The smallest absolute Gasteiger partial charge is 0.304 e. The van der Waals surface area contributed by atoms with Gasteiger partial charge in [-0.2, -0.15) is 0 Å². The summed E-state index contributed by atoms with van der Waals surface area (Å²) < 4.78 is -0.432. The van der Waals surface area contributed by atoms with E-state index in [0.29, 0.717) is 5.02 Å². The normalized spacial score (nSPS) is 12.9. The highest BCUT2D eigenvalue weighted by Gasteiger charge is 2.28. The third-order valence-electron chi connectivity index (χ3n) is 7.10. The first-order chi connectivity index (χ1) is 18.9. The van der Waals surface area contributed by atoms with Crippen LogP contribution in [0.15, 0.2) is 78.9 Å². The van der Waals surface area contributed by atoms with Crippen LogP contribution in [-0.4, -0.2) is 25.9 Å². The highest BCUT2D eigenvalue weighted by Crippen LogP contribution is 2.44. The van der Waals surface area contributed by atoms with E-state index < -0.39 is 16.3 Å². The number of halogens is 1. The summed E-state index contributed by atoms with van der Waals surface area (Å²) in [5.74, 6) is -0.790. The third kappa shape index (κ3) is 8.33. The van der Waals surface area contributed by atoms with E-state index in [-0.39, 0.29) is 11.7 Å². The fourth-order valence-electron chi connectivity index (χ4n) is 5.20. The minimum absolute atomic E-state index is 0.0891. The Morgan fingerprint density at radius 1 is 0.925 bits per heavy atom. The number of benzene rings is 3. The van der Waals surface area contributed by atoms with Gasteiger partial charge in [-0.3, -0.25) is 9.78 Å². The number of carboxylic acids is 1. The number of aliphatic carboxylic acids is 1. The Balaban J connectivity index is 1.55. The second-order valence-electron chi connectivity index (χ2n) is 11.6. The van der Waals surface area contributed by atoms with Crippen molar-refractivity contribution < 1.29 is 15.0 Å². The molecule has 4 aromatic rings. The lowest BCUT2D eigenvalue weighted by atomic mass is 9.90. The summed E-state index contributed by atoms with van der Waals surface area (Å²) in [5.41, 5.74) is 5.48. The van der Waals surface area contributed by atoms with Crippen LogP contribution in [0.4, 0.5) is 0 Å². The summed E-state index contributed by atoms with van der Waals surface area (Å²) in [5, 5.41) is 22.1. The maximum atomic E-state index is 11.6. The Kier molecular flexibility index (Phi) is 9.60. The van der Waals surface area contributed by atoms with Crippen LogP contribution in [0.3, 0.4) is 0 Å². The van der Waals surface area contributed by atoms with Crippen molar-refractivity contribution in [2.75, 3.05) is 0 Å². The number of thioether (sulfide) groups is 1. The monoisotopic (exact) mass is 575 g/mol. The van der Waals surface area contributed by atoms with Crippen LogP contribution in [0.1, 0.15) is 73.7 Å². The molecule has 0 aliphatic rings. The van der Waals surface area contributed by atoms with Crippen molar-refractivity contribution in [2.24, 2.45) is 0 Å². The van der Waals surface area contributed by atoms with Crippen LogP contribution in [-0.2, 0) is 29.7 Å². The molecule has 1 aromatic heterocycles. The molecule has 0 fully saturated rings. The molecule has 0 aliphatic heterocycles. The summed E-state index contributed by atoms with van der Waals surface area (Å²) in [7, 11) is 0. The number of aliphatic hydroxyl groups is 1. The average Bonchev–Trinajstić information content (AvgIpc) is 2.88. The summed E-state index contributed by atoms with van der Waals surface area (Å²) in [4.78, 5) is 16.4. The summed E-state index contributed by atoms with van der Waals surface area (Å²) in [6, 6.07) is 26.6. The van der Waals surface area contributed by atoms with Gasteiger partial charge in [-0.15, -0.1) is 11.8 Å². The molecule has 0 bridgehead atoms. The Labute approximate surface area is 246 Å². The number of aromatic nitrogens is 1. The second-order valence-corrected chi connectivity index (χ2v) is 13.9. The zero-order valence-corrected chi connectivity index (χ0v) is 25.2. The molecule has 0 spiro atoms. The lowest BCUT2D eigenvalue weighted by Crippen LogP contribution is -2.22. The number of fused-ring (bicyclic) bond motifs is 1. The number of pyridine rings is 1. The van der Waals surface area contributed by atoms with E-state index in [9.17, 15) is 15.0 Å². The van der Waals surface area contributed by atoms with E-state index in [1.54, 1.807) is 11.8 Å². The number of carboxylic acid groups (broad SMARTS) is 1. The van der Waals surface area contributed by atoms with Gasteiger partial charge in [-0.25, -0.2) is 0 Å². The van der Waals surface area contributed by atoms with Crippen LogP contribution in [0.25, 0.3) is 10.9 Å². The number of nitrogens with zero attached hydrogens (tertiary/aromatic N) is 1. The molecule has 4 rings (SSSR count). The van der Waals surface area contributed by atoms with Crippen LogP contribution < -0.4 is 0 Å². The molecule has 40 heavy (non-hydrogen) atoms. The van der Waals surface area contributed by atoms with Crippen molar-refractivity contribution in [2.45, 2.75) is 75.4 Å². The standard InChI is InChI=1S/C34H38ClNO3S/c1-33(2,22-32(37)38)40-31(19-15-24-9-5-6-11-29(24)34(3,4)39)26-10-7-8-23(20-26)12-17-28-18-14-25-13-16-27(35)21-30(25)36-28/h5-11,13-14,16,18,20-21,31,39H,12,15,17,19,22H2,1-4H3,(H,37,38)/t31-/m1/s1. The van der Waals surface area contributed by atoms with E-state index in [2.05, 4.69) is 42.5 Å². The van der Waals surface area contributed by atoms with Crippen LogP contribution in [0.2, 0.25) is 5.02 Å². The minimum Gasteiger partial charge on any atom is -0.481 e. The van der Waals surface area contributed by atoms with E-state index in [1.165, 1.54) is 11.1 Å². The molecular weight excluding hydrogens is 538 g/mol. The van der Waals surface area contributed by atoms with Crippen molar-refractivity contribution >= 4 is 40.2 Å². The van der Waals surface area contributed by atoms with Crippen molar-refractivity contribution in [3.05, 3.63) is 112 Å². The van der Waals surface area contributed by atoms with Crippen LogP contribution in [0.5, 0.6) is 0 Å². The second kappa shape index (κ2) is 12.8. The Hall–Kier alpha value is -2.86. The Bertz CT molecular complexity index is 1480. The Morgan fingerprint density at radius 2 is 1.68 bits per heavy atom. The number of hydrogen-bond acceptors (Lipinski definition) is 4. The maximum Gasteiger partial charge on any atom is 0.304 e. The molecule has 0 aliphatic carbocycles. The lowest BCUT2D eigenvalue weighted by Gasteiger charge is -2.29. The third-order valence-corrected chi connectivity index (χ3v) is 8.90. The van der Waals surface area contributed by atoms with E-state index in [4.69, 9.17) is 16.6 Å². The van der Waals surface area contributed by atoms with Gasteiger partial charge in [0.1, 0.15) is 0 Å².